The highest BCUT2D eigenvalue weighted by Gasteiger charge is 2.19. The van der Waals surface area contributed by atoms with E-state index in [0.29, 0.717) is 12.6 Å². The third-order valence-electron chi connectivity index (χ3n) is 3.53. The van der Waals surface area contributed by atoms with Gasteiger partial charge in [-0.05, 0) is 23.8 Å². The molecule has 4 rings (SSSR count). The average Bonchev–Trinajstić information content (AvgIpc) is 2.85. The van der Waals surface area contributed by atoms with E-state index in [0.717, 1.165) is 28.2 Å². The van der Waals surface area contributed by atoms with Crippen LogP contribution in [0.2, 0.25) is 0 Å². The fraction of sp³-hybridized carbons (Fsp3) is 0.125. The van der Waals surface area contributed by atoms with Gasteiger partial charge in [-0.2, -0.15) is 0 Å². The maximum Gasteiger partial charge on any atom is 0.219 e. The van der Waals surface area contributed by atoms with Crippen LogP contribution in [0, 0.1) is 0 Å². The number of ether oxygens (including phenoxy) is 1. The molecule has 3 heterocycles. The maximum absolute atomic E-state index is 5.82. The predicted octanol–water partition coefficient (Wildman–Crippen LogP) is 3.39. The second kappa shape index (κ2) is 4.86. The predicted molar refractivity (Wildman–Crippen MR) is 84.4 cm³/mol. The first-order valence-electron chi connectivity index (χ1n) is 6.74. The molecular weight excluding hydrogens is 282 g/mol. The second-order valence-corrected chi connectivity index (χ2v) is 5.94. The average molecular weight is 295 g/mol. The Morgan fingerprint density at radius 1 is 1.14 bits per heavy atom. The fourth-order valence-corrected chi connectivity index (χ4v) is 3.72. The van der Waals surface area contributed by atoms with Gasteiger partial charge in [-0.1, -0.05) is 12.1 Å². The van der Waals surface area contributed by atoms with Gasteiger partial charge < -0.3 is 10.5 Å². The summed E-state index contributed by atoms with van der Waals surface area (Å²) < 4.78 is 5.82. The van der Waals surface area contributed by atoms with E-state index in [-0.39, 0.29) is 0 Å². The number of nitrogens with zero attached hydrogens (tertiary/aromatic N) is 2. The Hall–Kier alpha value is -2.40. The number of fused-ring (bicyclic) bond motifs is 3. The van der Waals surface area contributed by atoms with Gasteiger partial charge in [-0.15, -0.1) is 11.3 Å². The van der Waals surface area contributed by atoms with Gasteiger partial charge in [-0.3, -0.25) is 0 Å². The Balaban J connectivity index is 1.85. The summed E-state index contributed by atoms with van der Waals surface area (Å²) in [6.45, 7) is 0.707. The van der Waals surface area contributed by atoms with Crippen LogP contribution in [0.3, 0.4) is 0 Å². The molecule has 0 amide bonds. The van der Waals surface area contributed by atoms with Crippen LogP contribution < -0.4 is 10.5 Å². The summed E-state index contributed by atoms with van der Waals surface area (Å²) in [5.74, 6) is 1.26. The summed E-state index contributed by atoms with van der Waals surface area (Å²) >= 11 is 1.75. The Kier molecular flexibility index (Phi) is 2.86. The van der Waals surface area contributed by atoms with Gasteiger partial charge in [0.2, 0.25) is 5.95 Å². The lowest BCUT2D eigenvalue weighted by atomic mass is 10.1. The molecule has 3 aromatic rings. The summed E-state index contributed by atoms with van der Waals surface area (Å²) in [5.41, 5.74) is 9.03. The molecule has 0 radical (unpaired) electrons. The minimum Gasteiger partial charge on any atom is -0.493 e. The quantitative estimate of drug-likeness (QED) is 0.747. The monoisotopic (exact) mass is 295 g/mol. The lowest BCUT2D eigenvalue weighted by Crippen LogP contribution is -1.97. The summed E-state index contributed by atoms with van der Waals surface area (Å²) in [7, 11) is 0. The summed E-state index contributed by atoms with van der Waals surface area (Å²) in [6, 6.07) is 10.4. The summed E-state index contributed by atoms with van der Waals surface area (Å²) in [5, 5.41) is 0. The van der Waals surface area contributed by atoms with Crippen molar-refractivity contribution in [1.82, 2.24) is 9.97 Å². The standard InChI is InChI=1S/C16H13N3OS/c17-16-18-8-11(9-19-16)14-7-10-5-6-20-13-4-2-1-3-12(13)15(10)21-14/h1-4,7-9H,5-6H2,(H2,17,18,19). The van der Waals surface area contributed by atoms with Gasteiger partial charge in [-0.25, -0.2) is 9.97 Å². The van der Waals surface area contributed by atoms with Crippen molar-refractivity contribution in [2.24, 2.45) is 0 Å². The Morgan fingerprint density at radius 2 is 1.95 bits per heavy atom. The van der Waals surface area contributed by atoms with Crippen molar-refractivity contribution in [3.05, 3.63) is 48.3 Å². The molecule has 5 heteroatoms. The number of aromatic nitrogens is 2. The molecule has 0 unspecified atom stereocenters. The number of para-hydroxylation sites is 1. The third-order valence-corrected chi connectivity index (χ3v) is 4.79. The van der Waals surface area contributed by atoms with Crippen molar-refractivity contribution in [2.45, 2.75) is 6.42 Å². The van der Waals surface area contributed by atoms with E-state index >= 15 is 0 Å². The van der Waals surface area contributed by atoms with Gasteiger partial charge in [0.15, 0.2) is 0 Å². The highest BCUT2D eigenvalue weighted by molar-refractivity contribution is 7.19. The Morgan fingerprint density at radius 3 is 2.81 bits per heavy atom. The number of hydrogen-bond donors (Lipinski definition) is 1. The second-order valence-electron chi connectivity index (χ2n) is 4.89. The van der Waals surface area contributed by atoms with Crippen LogP contribution in [0.5, 0.6) is 5.75 Å². The van der Waals surface area contributed by atoms with Crippen LogP contribution in [0.4, 0.5) is 5.95 Å². The molecule has 0 saturated carbocycles. The summed E-state index contributed by atoms with van der Waals surface area (Å²) in [6.07, 6.45) is 4.46. The first-order chi connectivity index (χ1) is 10.3. The molecule has 0 fully saturated rings. The zero-order chi connectivity index (χ0) is 14.2. The van der Waals surface area contributed by atoms with Crippen LogP contribution in [-0.4, -0.2) is 16.6 Å². The Labute approximate surface area is 126 Å². The van der Waals surface area contributed by atoms with E-state index in [2.05, 4.69) is 22.1 Å². The van der Waals surface area contributed by atoms with Gasteiger partial charge in [0.1, 0.15) is 5.75 Å². The molecule has 4 nitrogen and oxygen atoms in total. The molecule has 2 N–H and O–H groups in total. The molecule has 0 aliphatic carbocycles. The van der Waals surface area contributed by atoms with Gasteiger partial charge >= 0.3 is 0 Å². The SMILES string of the molecule is Nc1ncc(-c2cc3c(s2)-c2ccccc2OCC3)cn1. The number of nitrogens with two attached hydrogens (primary N) is 1. The van der Waals surface area contributed by atoms with E-state index in [1.54, 1.807) is 23.7 Å². The molecule has 0 bridgehead atoms. The number of hydrogen-bond acceptors (Lipinski definition) is 5. The molecule has 0 atom stereocenters. The molecule has 0 saturated heterocycles. The molecule has 1 aliphatic heterocycles. The molecule has 2 aromatic heterocycles. The number of anilines is 1. The van der Waals surface area contributed by atoms with Crippen LogP contribution in [0.1, 0.15) is 5.56 Å². The normalized spacial score (nSPS) is 13.0. The molecule has 0 spiro atoms. The number of rotatable bonds is 1. The van der Waals surface area contributed by atoms with E-state index < -0.39 is 0 Å². The van der Waals surface area contributed by atoms with Gasteiger partial charge in [0.25, 0.3) is 0 Å². The van der Waals surface area contributed by atoms with Crippen molar-refractivity contribution < 1.29 is 4.74 Å². The zero-order valence-electron chi connectivity index (χ0n) is 11.2. The lowest BCUT2D eigenvalue weighted by Gasteiger charge is -2.05. The number of thiophene rings is 1. The molecule has 104 valence electrons. The summed E-state index contributed by atoms with van der Waals surface area (Å²) in [4.78, 5) is 10.6. The number of benzene rings is 1. The van der Waals surface area contributed by atoms with Crippen LogP contribution in [-0.2, 0) is 6.42 Å². The van der Waals surface area contributed by atoms with E-state index in [1.165, 1.54) is 10.4 Å². The molecule has 1 aromatic carbocycles. The molecule has 21 heavy (non-hydrogen) atoms. The third kappa shape index (κ3) is 2.15. The van der Waals surface area contributed by atoms with Crippen molar-refractivity contribution >= 4 is 17.3 Å². The van der Waals surface area contributed by atoms with Gasteiger partial charge in [0, 0.05) is 39.7 Å². The largest absolute Gasteiger partial charge is 0.493 e. The lowest BCUT2D eigenvalue weighted by molar-refractivity contribution is 0.326. The van der Waals surface area contributed by atoms with Crippen molar-refractivity contribution in [2.75, 3.05) is 12.3 Å². The first-order valence-corrected chi connectivity index (χ1v) is 7.56. The van der Waals surface area contributed by atoms with Gasteiger partial charge in [0.05, 0.1) is 6.61 Å². The van der Waals surface area contributed by atoms with Crippen molar-refractivity contribution in [3.8, 4) is 26.6 Å². The molecule has 1 aliphatic rings. The zero-order valence-corrected chi connectivity index (χ0v) is 12.1. The van der Waals surface area contributed by atoms with Crippen molar-refractivity contribution in [3.63, 3.8) is 0 Å². The van der Waals surface area contributed by atoms with Crippen LogP contribution in [0.25, 0.3) is 20.9 Å². The van der Waals surface area contributed by atoms with Crippen LogP contribution >= 0.6 is 11.3 Å². The first kappa shape index (κ1) is 12.3. The van der Waals surface area contributed by atoms with E-state index in [1.807, 2.05) is 18.2 Å². The van der Waals surface area contributed by atoms with Crippen molar-refractivity contribution in [1.29, 1.82) is 0 Å². The smallest absolute Gasteiger partial charge is 0.219 e. The van der Waals surface area contributed by atoms with Crippen LogP contribution in [0.15, 0.2) is 42.7 Å². The topological polar surface area (TPSA) is 61.0 Å². The van der Waals surface area contributed by atoms with E-state index in [4.69, 9.17) is 10.5 Å². The minimum atomic E-state index is 0.301. The maximum atomic E-state index is 5.82. The highest BCUT2D eigenvalue weighted by atomic mass is 32.1. The van der Waals surface area contributed by atoms with E-state index in [9.17, 15) is 0 Å². The fourth-order valence-electron chi connectivity index (χ4n) is 2.50. The number of nitrogen functional groups attached to an aromatic ring is 1. The molecular formula is C16H13N3OS. The minimum absolute atomic E-state index is 0.301. The Bertz CT molecular complexity index is 796. The highest BCUT2D eigenvalue weighted by Crippen LogP contribution is 2.43.